The Morgan fingerprint density at radius 2 is 2.08 bits per heavy atom. The van der Waals surface area contributed by atoms with E-state index in [0.717, 1.165) is 0 Å². The van der Waals surface area contributed by atoms with Crippen molar-refractivity contribution in [3.05, 3.63) is 10.1 Å². The van der Waals surface area contributed by atoms with Crippen LogP contribution < -0.4 is 5.50 Å². The Balaban J connectivity index is 2.75. The van der Waals surface area contributed by atoms with Gasteiger partial charge in [0.05, 0.1) is 0 Å². The summed E-state index contributed by atoms with van der Waals surface area (Å²) in [5, 5.41) is 10.6. The van der Waals surface area contributed by atoms with E-state index in [4.69, 9.17) is 5.50 Å². The third-order valence-electron chi connectivity index (χ3n) is 2.07. The van der Waals surface area contributed by atoms with Crippen molar-refractivity contribution in [1.82, 2.24) is 0 Å². The van der Waals surface area contributed by atoms with Crippen LogP contribution in [0.3, 0.4) is 0 Å². The minimum atomic E-state index is -3.52. The molecule has 0 spiro atoms. The normalized spacial score (nSPS) is 40.2. The molecular formula is C5H11N2O5P. The van der Waals surface area contributed by atoms with Crippen LogP contribution >= 0.6 is 7.75 Å². The second kappa shape index (κ2) is 3.34. The zero-order chi connectivity index (χ0) is 10.1. The molecule has 1 aliphatic heterocycles. The number of hydrogen-bond donors (Lipinski definition) is 1. The maximum atomic E-state index is 11.0. The first-order chi connectivity index (χ1) is 5.92. The zero-order valence-corrected chi connectivity index (χ0v) is 8.03. The van der Waals surface area contributed by atoms with Crippen LogP contribution in [0.2, 0.25) is 0 Å². The van der Waals surface area contributed by atoms with E-state index < -0.39 is 18.2 Å². The van der Waals surface area contributed by atoms with Crippen molar-refractivity contribution in [3.8, 4) is 0 Å². The summed E-state index contributed by atoms with van der Waals surface area (Å²) in [5.74, 6) is 0. The number of hydrogen-bond acceptors (Lipinski definition) is 5. The second-order valence-corrected chi connectivity index (χ2v) is 4.52. The van der Waals surface area contributed by atoms with Gasteiger partial charge in [-0.15, -0.1) is 0 Å². The molecule has 1 rings (SSSR count). The fraction of sp³-hybridized carbons (Fsp3) is 1.00. The summed E-state index contributed by atoms with van der Waals surface area (Å²) in [5.41, 5.74) is 3.74. The van der Waals surface area contributed by atoms with Crippen LogP contribution in [-0.2, 0) is 13.6 Å². The van der Waals surface area contributed by atoms with Gasteiger partial charge >= 0.3 is 7.75 Å². The van der Waals surface area contributed by atoms with Crippen molar-refractivity contribution in [2.24, 2.45) is 5.50 Å². The van der Waals surface area contributed by atoms with E-state index in [1.54, 1.807) is 6.92 Å². The average Bonchev–Trinajstić information content (AvgIpc) is 2.05. The Kier molecular flexibility index (Phi) is 2.72. The Morgan fingerprint density at radius 3 is 2.38 bits per heavy atom. The summed E-state index contributed by atoms with van der Waals surface area (Å²) in [4.78, 5) is 10.2. The van der Waals surface area contributed by atoms with Crippen LogP contribution in [-0.4, -0.2) is 23.7 Å². The molecular weight excluding hydrogens is 199 g/mol. The largest absolute Gasteiger partial charge is 0.403 e. The molecule has 0 saturated carbocycles. The highest BCUT2D eigenvalue weighted by atomic mass is 31.2. The molecule has 0 unspecified atom stereocenters. The molecule has 0 amide bonds. The van der Waals surface area contributed by atoms with E-state index in [-0.39, 0.29) is 19.6 Å². The van der Waals surface area contributed by atoms with Crippen molar-refractivity contribution in [1.29, 1.82) is 0 Å². The molecule has 0 radical (unpaired) electrons. The van der Waals surface area contributed by atoms with Crippen LogP contribution in [0.4, 0.5) is 0 Å². The van der Waals surface area contributed by atoms with Crippen molar-refractivity contribution in [3.63, 3.8) is 0 Å². The SMILES string of the molecule is CCC1([N+](=O)[O-])COP(N)(=O)OC1. The van der Waals surface area contributed by atoms with Gasteiger partial charge in [-0.05, 0) is 0 Å². The molecule has 8 heteroatoms. The van der Waals surface area contributed by atoms with E-state index in [2.05, 4.69) is 9.05 Å². The topological polar surface area (TPSA) is 105 Å². The molecule has 1 heterocycles. The summed E-state index contributed by atoms with van der Waals surface area (Å²) < 4.78 is 20.2. The predicted molar refractivity (Wildman–Crippen MR) is 43.7 cm³/mol. The summed E-state index contributed by atoms with van der Waals surface area (Å²) >= 11 is 0. The standard InChI is InChI=1S/C5H11N2O5P/c1-2-5(7(8)9)3-11-13(6,10)12-4-5/h2-4H2,1H3,(H2,6,10). The zero-order valence-electron chi connectivity index (χ0n) is 7.13. The van der Waals surface area contributed by atoms with Gasteiger partial charge in [0, 0.05) is 11.3 Å². The quantitative estimate of drug-likeness (QED) is 0.404. The molecule has 1 fully saturated rings. The molecule has 13 heavy (non-hydrogen) atoms. The molecule has 1 saturated heterocycles. The van der Waals surface area contributed by atoms with E-state index in [1.165, 1.54) is 0 Å². The molecule has 0 aromatic carbocycles. The predicted octanol–water partition coefficient (Wildman–Crippen LogP) is 0.525. The third-order valence-corrected chi connectivity index (χ3v) is 3.05. The van der Waals surface area contributed by atoms with Gasteiger partial charge in [-0.25, -0.2) is 10.1 Å². The van der Waals surface area contributed by atoms with Gasteiger partial charge in [0.15, 0.2) is 0 Å². The maximum absolute atomic E-state index is 11.0. The van der Waals surface area contributed by atoms with E-state index in [0.29, 0.717) is 0 Å². The van der Waals surface area contributed by atoms with Crippen molar-refractivity contribution < 1.29 is 18.5 Å². The molecule has 0 atom stereocenters. The van der Waals surface area contributed by atoms with Crippen molar-refractivity contribution >= 4 is 7.75 Å². The lowest BCUT2D eigenvalue weighted by Gasteiger charge is -2.30. The lowest BCUT2D eigenvalue weighted by Crippen LogP contribution is -2.49. The van der Waals surface area contributed by atoms with Crippen LogP contribution in [0.1, 0.15) is 13.3 Å². The van der Waals surface area contributed by atoms with Crippen LogP contribution in [0.25, 0.3) is 0 Å². The fourth-order valence-corrected chi connectivity index (χ4v) is 1.85. The summed E-state index contributed by atoms with van der Waals surface area (Å²) in [7, 11) is -3.52. The van der Waals surface area contributed by atoms with Gasteiger partial charge in [0.1, 0.15) is 13.2 Å². The number of nitro groups is 1. The highest BCUT2D eigenvalue weighted by Gasteiger charge is 2.49. The maximum Gasteiger partial charge on any atom is 0.403 e. The second-order valence-electron chi connectivity index (χ2n) is 2.92. The molecule has 7 nitrogen and oxygen atoms in total. The van der Waals surface area contributed by atoms with Crippen LogP contribution in [0.5, 0.6) is 0 Å². The Bertz CT molecular complexity index is 256. The number of rotatable bonds is 2. The molecule has 76 valence electrons. The van der Waals surface area contributed by atoms with Gasteiger partial charge in [-0.2, -0.15) is 0 Å². The first kappa shape index (κ1) is 10.6. The van der Waals surface area contributed by atoms with Gasteiger partial charge in [0.25, 0.3) is 5.54 Å². The Hall–Kier alpha value is -0.490. The van der Waals surface area contributed by atoms with Crippen LogP contribution in [0, 0.1) is 10.1 Å². The highest BCUT2D eigenvalue weighted by molar-refractivity contribution is 7.51. The minimum Gasteiger partial charge on any atom is -0.289 e. The van der Waals surface area contributed by atoms with E-state index in [1.807, 2.05) is 0 Å². The average molecular weight is 210 g/mol. The van der Waals surface area contributed by atoms with Crippen molar-refractivity contribution in [2.75, 3.05) is 13.2 Å². The van der Waals surface area contributed by atoms with Crippen LogP contribution in [0.15, 0.2) is 0 Å². The first-order valence-electron chi connectivity index (χ1n) is 3.74. The van der Waals surface area contributed by atoms with Gasteiger partial charge < -0.3 is 0 Å². The summed E-state index contributed by atoms with van der Waals surface area (Å²) in [6.45, 7) is 1.12. The lowest BCUT2D eigenvalue weighted by molar-refractivity contribution is -0.578. The highest BCUT2D eigenvalue weighted by Crippen LogP contribution is 2.45. The third kappa shape index (κ3) is 2.05. The smallest absolute Gasteiger partial charge is 0.289 e. The van der Waals surface area contributed by atoms with Crippen molar-refractivity contribution in [2.45, 2.75) is 18.9 Å². The monoisotopic (exact) mass is 210 g/mol. The molecule has 0 aromatic heterocycles. The summed E-state index contributed by atoms with van der Waals surface area (Å²) in [6.07, 6.45) is 0.250. The summed E-state index contributed by atoms with van der Waals surface area (Å²) in [6, 6.07) is 0. The van der Waals surface area contributed by atoms with Gasteiger partial charge in [-0.3, -0.25) is 19.2 Å². The lowest BCUT2D eigenvalue weighted by atomic mass is 10.0. The number of nitrogens with two attached hydrogens (primary N) is 1. The fourth-order valence-electron chi connectivity index (χ4n) is 0.938. The Labute approximate surface area is 74.9 Å². The molecule has 1 aliphatic rings. The van der Waals surface area contributed by atoms with E-state index in [9.17, 15) is 14.7 Å². The molecule has 0 aromatic rings. The molecule has 2 N–H and O–H groups in total. The van der Waals surface area contributed by atoms with Gasteiger partial charge in [-0.1, -0.05) is 6.92 Å². The van der Waals surface area contributed by atoms with Gasteiger partial charge in [0.2, 0.25) is 0 Å². The molecule has 0 bridgehead atoms. The van der Waals surface area contributed by atoms with E-state index >= 15 is 0 Å². The Morgan fingerprint density at radius 1 is 1.62 bits per heavy atom. The number of nitrogens with zero attached hydrogens (tertiary/aromatic N) is 1. The minimum absolute atomic E-state index is 0.250. The molecule has 0 aliphatic carbocycles. The first-order valence-corrected chi connectivity index (χ1v) is 5.35.